The number of carbonyl (C=O) groups excluding carboxylic acids is 1. The number of hydrogen-bond acceptors (Lipinski definition) is 6. The second-order valence-electron chi connectivity index (χ2n) is 10.3. The van der Waals surface area contributed by atoms with Gasteiger partial charge in [-0.25, -0.2) is 9.18 Å². The molecule has 0 radical (unpaired) electrons. The number of amides is 1. The first-order valence-corrected chi connectivity index (χ1v) is 13.5. The maximum absolute atomic E-state index is 15.0. The summed E-state index contributed by atoms with van der Waals surface area (Å²) in [6.07, 6.45) is 6.70. The van der Waals surface area contributed by atoms with Gasteiger partial charge in [0.25, 0.3) is 0 Å². The van der Waals surface area contributed by atoms with E-state index in [1.54, 1.807) is 35.5 Å². The summed E-state index contributed by atoms with van der Waals surface area (Å²) in [6.45, 7) is 6.86. The molecule has 2 fully saturated rings. The Morgan fingerprint density at radius 1 is 1.23 bits per heavy atom. The summed E-state index contributed by atoms with van der Waals surface area (Å²) in [5.74, 6) is -0.319. The molecule has 0 spiro atoms. The summed E-state index contributed by atoms with van der Waals surface area (Å²) in [4.78, 5) is 38.6. The van der Waals surface area contributed by atoms with E-state index in [1.165, 1.54) is 28.8 Å². The Morgan fingerprint density at radius 2 is 2.02 bits per heavy atom. The van der Waals surface area contributed by atoms with Crippen molar-refractivity contribution in [3.8, 4) is 22.6 Å². The van der Waals surface area contributed by atoms with Gasteiger partial charge in [0, 0.05) is 54.0 Å². The standard InChI is InChI=1S/C30H27ClFN5O3/c1-3-27(39)35-11-12-36(17(2)16-35)29-20-13-22(31)19(28-23(32)5-4-6-26(28)38)14-25(20)37(30(40)34-29)24-9-10-33-15-21(24)18-7-8-18/h3-6,9-10,13-15,17-18,38H,1,7-8,11-12,16H2,2H3/t17-/m0/s1. The lowest BCUT2D eigenvalue weighted by Gasteiger charge is -2.40. The van der Waals surface area contributed by atoms with Crippen molar-refractivity contribution in [2.24, 2.45) is 0 Å². The largest absolute Gasteiger partial charge is 0.507 e. The van der Waals surface area contributed by atoms with Crippen LogP contribution in [0.3, 0.4) is 0 Å². The number of aromatic nitrogens is 3. The maximum atomic E-state index is 15.0. The van der Waals surface area contributed by atoms with Gasteiger partial charge >= 0.3 is 5.69 Å². The lowest BCUT2D eigenvalue weighted by Crippen LogP contribution is -2.54. The first-order chi connectivity index (χ1) is 19.3. The molecule has 2 aromatic heterocycles. The van der Waals surface area contributed by atoms with E-state index in [0.29, 0.717) is 48.0 Å². The minimum absolute atomic E-state index is 0.0474. The molecule has 3 heterocycles. The Labute approximate surface area is 235 Å². The number of halogens is 2. The van der Waals surface area contributed by atoms with Crippen molar-refractivity contribution in [2.45, 2.75) is 31.7 Å². The molecule has 1 saturated carbocycles. The van der Waals surface area contributed by atoms with Crippen LogP contribution in [0, 0.1) is 5.82 Å². The zero-order valence-corrected chi connectivity index (χ0v) is 22.6. The van der Waals surface area contributed by atoms with E-state index in [2.05, 4.69) is 16.5 Å². The first-order valence-electron chi connectivity index (χ1n) is 13.1. The average molecular weight is 560 g/mol. The van der Waals surface area contributed by atoms with Crippen LogP contribution in [0.4, 0.5) is 10.2 Å². The molecule has 1 aliphatic carbocycles. The normalized spacial score (nSPS) is 17.3. The zero-order valence-electron chi connectivity index (χ0n) is 21.8. The lowest BCUT2D eigenvalue weighted by atomic mass is 10.0. The molecule has 204 valence electrons. The SMILES string of the molecule is C=CC(=O)N1CCN(c2nc(=O)n(-c3ccncc3C3CC3)c3cc(-c4c(O)cccc4F)c(Cl)cc23)[C@@H](C)C1. The van der Waals surface area contributed by atoms with Gasteiger partial charge in [0.05, 0.1) is 16.8 Å². The van der Waals surface area contributed by atoms with Gasteiger partial charge in [-0.05, 0) is 67.7 Å². The molecule has 1 saturated heterocycles. The zero-order chi connectivity index (χ0) is 28.1. The third-order valence-corrected chi connectivity index (χ3v) is 8.01. The smallest absolute Gasteiger partial charge is 0.354 e. The molecular formula is C30H27ClFN5O3. The molecule has 1 aliphatic heterocycles. The van der Waals surface area contributed by atoms with E-state index in [1.807, 2.05) is 11.8 Å². The van der Waals surface area contributed by atoms with Crippen LogP contribution in [-0.2, 0) is 4.79 Å². The van der Waals surface area contributed by atoms with Gasteiger partial charge in [-0.3, -0.25) is 14.3 Å². The molecule has 1 amide bonds. The van der Waals surface area contributed by atoms with Gasteiger partial charge in [-0.2, -0.15) is 4.98 Å². The van der Waals surface area contributed by atoms with Crippen LogP contribution >= 0.6 is 11.6 Å². The third kappa shape index (κ3) is 4.40. The Morgan fingerprint density at radius 3 is 2.73 bits per heavy atom. The minimum atomic E-state index is -0.636. The number of piperazine rings is 1. The number of aromatic hydroxyl groups is 1. The van der Waals surface area contributed by atoms with Crippen LogP contribution in [0.2, 0.25) is 5.02 Å². The third-order valence-electron chi connectivity index (χ3n) is 7.69. The van der Waals surface area contributed by atoms with Gasteiger partial charge in [-0.15, -0.1) is 0 Å². The molecule has 1 N–H and O–H groups in total. The van der Waals surface area contributed by atoms with Gasteiger partial charge in [0.2, 0.25) is 5.91 Å². The molecule has 0 bridgehead atoms. The van der Waals surface area contributed by atoms with Gasteiger partial charge in [-0.1, -0.05) is 24.2 Å². The summed E-state index contributed by atoms with van der Waals surface area (Å²) in [6, 6.07) is 9.00. The molecular weight excluding hydrogens is 533 g/mol. The predicted octanol–water partition coefficient (Wildman–Crippen LogP) is 5.05. The van der Waals surface area contributed by atoms with Crippen LogP contribution in [0.15, 0.2) is 66.2 Å². The molecule has 1 atom stereocenters. The van der Waals surface area contributed by atoms with Crippen LogP contribution in [0.5, 0.6) is 5.75 Å². The fourth-order valence-electron chi connectivity index (χ4n) is 5.57. The number of pyridine rings is 1. The average Bonchev–Trinajstić information content (AvgIpc) is 3.78. The van der Waals surface area contributed by atoms with E-state index < -0.39 is 11.5 Å². The second-order valence-corrected chi connectivity index (χ2v) is 10.7. The Balaban J connectivity index is 1.61. The van der Waals surface area contributed by atoms with Crippen molar-refractivity contribution in [3.63, 3.8) is 0 Å². The van der Waals surface area contributed by atoms with Crippen LogP contribution in [0.1, 0.15) is 31.2 Å². The molecule has 4 aromatic rings. The fourth-order valence-corrected chi connectivity index (χ4v) is 5.82. The number of phenolic OH excluding ortho intramolecular Hbond substituents is 1. The summed E-state index contributed by atoms with van der Waals surface area (Å²) in [5, 5.41) is 11.4. The summed E-state index contributed by atoms with van der Waals surface area (Å²) < 4.78 is 16.5. The number of fused-ring (bicyclic) bond motifs is 1. The van der Waals surface area contributed by atoms with Gasteiger partial charge in [0.1, 0.15) is 17.4 Å². The molecule has 10 heteroatoms. The quantitative estimate of drug-likeness (QED) is 0.344. The first kappa shape index (κ1) is 26.0. The number of phenols is 1. The summed E-state index contributed by atoms with van der Waals surface area (Å²) >= 11 is 6.76. The highest BCUT2D eigenvalue weighted by molar-refractivity contribution is 6.34. The number of nitrogens with zero attached hydrogens (tertiary/aromatic N) is 5. The van der Waals surface area contributed by atoms with Crippen molar-refractivity contribution in [1.29, 1.82) is 0 Å². The van der Waals surface area contributed by atoms with E-state index in [9.17, 15) is 19.1 Å². The number of hydrogen-bond donors (Lipinski definition) is 1. The van der Waals surface area contributed by atoms with E-state index >= 15 is 0 Å². The van der Waals surface area contributed by atoms with Crippen molar-refractivity contribution < 1.29 is 14.3 Å². The number of benzene rings is 2. The van der Waals surface area contributed by atoms with Crippen molar-refractivity contribution in [1.82, 2.24) is 19.4 Å². The molecule has 0 unspecified atom stereocenters. The van der Waals surface area contributed by atoms with E-state index in [4.69, 9.17) is 11.6 Å². The highest BCUT2D eigenvalue weighted by Crippen LogP contribution is 2.44. The molecule has 8 nitrogen and oxygen atoms in total. The molecule has 2 aromatic carbocycles. The molecule has 40 heavy (non-hydrogen) atoms. The van der Waals surface area contributed by atoms with E-state index in [-0.39, 0.29) is 33.8 Å². The maximum Gasteiger partial charge on any atom is 0.354 e. The van der Waals surface area contributed by atoms with Crippen molar-refractivity contribution in [2.75, 3.05) is 24.5 Å². The van der Waals surface area contributed by atoms with Crippen molar-refractivity contribution >= 4 is 34.2 Å². The summed E-state index contributed by atoms with van der Waals surface area (Å²) in [5.41, 5.74) is 1.78. The van der Waals surface area contributed by atoms with Gasteiger partial charge in [0.15, 0.2) is 0 Å². The highest BCUT2D eigenvalue weighted by Gasteiger charge is 2.31. The second kappa shape index (κ2) is 10.1. The molecule has 6 rings (SSSR count). The summed E-state index contributed by atoms with van der Waals surface area (Å²) in [7, 11) is 0. The number of carbonyl (C=O) groups is 1. The lowest BCUT2D eigenvalue weighted by molar-refractivity contribution is -0.126. The topological polar surface area (TPSA) is 91.6 Å². The minimum Gasteiger partial charge on any atom is -0.507 e. The predicted molar refractivity (Wildman–Crippen MR) is 153 cm³/mol. The van der Waals surface area contributed by atoms with Crippen LogP contribution in [0.25, 0.3) is 27.7 Å². The Kier molecular flexibility index (Phi) is 6.54. The van der Waals surface area contributed by atoms with E-state index in [0.717, 1.165) is 18.4 Å². The Hall–Kier alpha value is -4.24. The van der Waals surface area contributed by atoms with Crippen molar-refractivity contribution in [3.05, 3.63) is 88.3 Å². The molecule has 2 aliphatic rings. The highest BCUT2D eigenvalue weighted by atomic mass is 35.5. The van der Waals surface area contributed by atoms with Crippen LogP contribution < -0.4 is 10.6 Å². The van der Waals surface area contributed by atoms with Crippen LogP contribution in [-0.4, -0.2) is 56.1 Å². The number of anilines is 1. The monoisotopic (exact) mass is 559 g/mol. The fraction of sp³-hybridized carbons (Fsp3) is 0.267. The van der Waals surface area contributed by atoms with Gasteiger partial charge < -0.3 is 14.9 Å². The Bertz CT molecular complexity index is 1710. The number of rotatable bonds is 5.